The van der Waals surface area contributed by atoms with Crippen LogP contribution >= 0.6 is 0 Å². The highest BCUT2D eigenvalue weighted by Crippen LogP contribution is 2.20. The van der Waals surface area contributed by atoms with E-state index in [9.17, 15) is 13.2 Å². The quantitative estimate of drug-likeness (QED) is 0.345. The van der Waals surface area contributed by atoms with Gasteiger partial charge in [0.15, 0.2) is 14.6 Å². The highest BCUT2D eigenvalue weighted by Gasteiger charge is 2.42. The third-order valence-electron chi connectivity index (χ3n) is 2.43. The minimum atomic E-state index is -3.60. The van der Waals surface area contributed by atoms with Crippen LogP contribution in [-0.2, 0) is 14.6 Å². The molecule has 3 N–H and O–H groups in total. The van der Waals surface area contributed by atoms with Crippen LogP contribution in [0.1, 0.15) is 20.3 Å². The van der Waals surface area contributed by atoms with Gasteiger partial charge in [-0.25, -0.2) is 13.9 Å². The summed E-state index contributed by atoms with van der Waals surface area (Å²) in [6, 6.07) is 0. The van der Waals surface area contributed by atoms with Crippen LogP contribution in [0.25, 0.3) is 0 Å². The molecule has 0 aliphatic heterocycles. The van der Waals surface area contributed by atoms with E-state index in [1.807, 2.05) is 6.92 Å². The largest absolute Gasteiger partial charge is 0.391 e. The molecule has 0 saturated heterocycles. The molecule has 0 radical (unpaired) electrons. The van der Waals surface area contributed by atoms with Crippen molar-refractivity contribution in [3.63, 3.8) is 0 Å². The summed E-state index contributed by atoms with van der Waals surface area (Å²) >= 11 is 0. The molecule has 1 unspecified atom stereocenters. The fourth-order valence-electron chi connectivity index (χ4n) is 1.10. The third kappa shape index (κ3) is 3.49. The van der Waals surface area contributed by atoms with Crippen molar-refractivity contribution in [1.82, 2.24) is 10.8 Å². The van der Waals surface area contributed by atoms with Gasteiger partial charge in [-0.05, 0) is 26.5 Å². The second kappa shape index (κ2) is 5.86. The highest BCUT2D eigenvalue weighted by molar-refractivity contribution is 7.92. The van der Waals surface area contributed by atoms with Crippen LogP contribution in [0.15, 0.2) is 12.3 Å². The molecule has 7 heteroatoms. The summed E-state index contributed by atoms with van der Waals surface area (Å²) in [7, 11) is -3.60. The zero-order valence-corrected chi connectivity index (χ0v) is 10.5. The third-order valence-corrected chi connectivity index (χ3v) is 4.46. The van der Waals surface area contributed by atoms with E-state index in [2.05, 4.69) is 5.32 Å². The van der Waals surface area contributed by atoms with Gasteiger partial charge in [0.1, 0.15) is 0 Å². The number of allylic oxidation sites excluding steroid dienone is 1. The van der Waals surface area contributed by atoms with Gasteiger partial charge in [-0.1, -0.05) is 6.08 Å². The van der Waals surface area contributed by atoms with E-state index in [-0.39, 0.29) is 6.42 Å². The highest BCUT2D eigenvalue weighted by atomic mass is 32.2. The lowest BCUT2D eigenvalue weighted by atomic mass is 10.1. The molecule has 0 aliphatic rings. The minimum absolute atomic E-state index is 0.0720. The Labute approximate surface area is 95.6 Å². The zero-order valence-electron chi connectivity index (χ0n) is 9.65. The molecule has 16 heavy (non-hydrogen) atoms. The molecule has 0 fully saturated rings. The van der Waals surface area contributed by atoms with Crippen LogP contribution < -0.4 is 10.8 Å². The lowest BCUT2D eigenvalue weighted by molar-refractivity contribution is -0.131. The second-order valence-corrected chi connectivity index (χ2v) is 6.09. The summed E-state index contributed by atoms with van der Waals surface area (Å²) in [6.45, 7) is 3.41. The normalized spacial score (nSPS) is 15.8. The number of carbonyl (C=O) groups excluding carboxylic acids is 1. The maximum Gasteiger partial charge on any atom is 0.264 e. The van der Waals surface area contributed by atoms with E-state index in [0.717, 1.165) is 6.26 Å². The minimum Gasteiger partial charge on any atom is -0.391 e. The van der Waals surface area contributed by atoms with E-state index in [1.165, 1.54) is 12.4 Å². The molecule has 0 aromatic carbocycles. The van der Waals surface area contributed by atoms with E-state index < -0.39 is 20.5 Å². The van der Waals surface area contributed by atoms with Crippen molar-refractivity contribution in [2.75, 3.05) is 12.8 Å². The number of amides is 1. The van der Waals surface area contributed by atoms with Gasteiger partial charge in [-0.15, -0.1) is 0 Å². The number of nitrogens with one attached hydrogen (secondary N) is 2. The van der Waals surface area contributed by atoms with Gasteiger partial charge in [0.2, 0.25) is 0 Å². The van der Waals surface area contributed by atoms with E-state index in [0.29, 0.717) is 6.54 Å². The van der Waals surface area contributed by atoms with Gasteiger partial charge >= 0.3 is 0 Å². The molecule has 0 aliphatic carbocycles. The molecule has 0 heterocycles. The molecule has 0 aromatic heterocycles. The Kier molecular flexibility index (Phi) is 5.46. The summed E-state index contributed by atoms with van der Waals surface area (Å²) in [5.41, 5.74) is 1.39. The van der Waals surface area contributed by atoms with Crippen molar-refractivity contribution < 1.29 is 18.4 Å². The van der Waals surface area contributed by atoms with Crippen molar-refractivity contribution in [3.05, 3.63) is 12.3 Å². The Morgan fingerprint density at radius 2 is 2.06 bits per heavy atom. The van der Waals surface area contributed by atoms with Gasteiger partial charge in [0.25, 0.3) is 5.91 Å². The molecule has 0 aromatic rings. The smallest absolute Gasteiger partial charge is 0.264 e. The van der Waals surface area contributed by atoms with Crippen molar-refractivity contribution in [2.24, 2.45) is 0 Å². The van der Waals surface area contributed by atoms with Crippen LogP contribution in [0.5, 0.6) is 0 Å². The summed E-state index contributed by atoms with van der Waals surface area (Å²) in [6.07, 6.45) is 4.45. The number of rotatable bonds is 6. The van der Waals surface area contributed by atoms with E-state index in [1.54, 1.807) is 12.3 Å². The number of carbonyl (C=O) groups is 1. The van der Waals surface area contributed by atoms with Crippen molar-refractivity contribution in [3.8, 4) is 0 Å². The predicted octanol–water partition coefficient (Wildman–Crippen LogP) is -0.192. The molecule has 1 atom stereocenters. The first-order valence-electron chi connectivity index (χ1n) is 4.78. The SMILES string of the molecule is C/C=C\NCCC(C)(C(=O)NO)S(C)(=O)=O. The van der Waals surface area contributed by atoms with Gasteiger partial charge in [0, 0.05) is 12.8 Å². The van der Waals surface area contributed by atoms with Crippen molar-refractivity contribution in [2.45, 2.75) is 25.0 Å². The molecule has 0 bridgehead atoms. The molecule has 94 valence electrons. The summed E-state index contributed by atoms with van der Waals surface area (Å²) < 4.78 is 21.4. The van der Waals surface area contributed by atoms with E-state index >= 15 is 0 Å². The average Bonchev–Trinajstić information content (AvgIpc) is 2.21. The first-order chi connectivity index (χ1) is 7.29. The van der Waals surface area contributed by atoms with Gasteiger partial charge in [0.05, 0.1) is 0 Å². The molecular weight excluding hydrogens is 232 g/mol. The Morgan fingerprint density at radius 3 is 2.44 bits per heavy atom. The van der Waals surface area contributed by atoms with Crippen LogP contribution in [-0.4, -0.2) is 37.1 Å². The average molecular weight is 250 g/mol. The predicted molar refractivity (Wildman–Crippen MR) is 60.6 cm³/mol. The first kappa shape index (κ1) is 14.9. The lowest BCUT2D eigenvalue weighted by Gasteiger charge is -2.24. The standard InChI is InChI=1S/C9H18N2O4S/c1-4-6-10-7-5-9(2,8(12)11-13)16(3,14)15/h4,6,10,13H,5,7H2,1-3H3,(H,11,12)/b6-4-. The molecule has 0 rings (SSSR count). The fourth-order valence-corrected chi connectivity index (χ4v) is 1.95. The van der Waals surface area contributed by atoms with Crippen LogP contribution in [0.4, 0.5) is 0 Å². The Balaban J connectivity index is 4.77. The molecule has 6 nitrogen and oxygen atoms in total. The van der Waals surface area contributed by atoms with Crippen molar-refractivity contribution >= 4 is 15.7 Å². The van der Waals surface area contributed by atoms with E-state index in [4.69, 9.17) is 5.21 Å². The summed E-state index contributed by atoms with van der Waals surface area (Å²) in [5.74, 6) is -0.919. The summed E-state index contributed by atoms with van der Waals surface area (Å²) in [5, 5.41) is 11.4. The zero-order chi connectivity index (χ0) is 12.8. The number of hydrogen-bond acceptors (Lipinski definition) is 5. The topological polar surface area (TPSA) is 95.5 Å². The number of hydroxylamine groups is 1. The monoisotopic (exact) mass is 250 g/mol. The van der Waals surface area contributed by atoms with Gasteiger partial charge < -0.3 is 5.32 Å². The Bertz CT molecular complexity index is 364. The first-order valence-corrected chi connectivity index (χ1v) is 6.67. The van der Waals surface area contributed by atoms with Crippen LogP contribution in [0.3, 0.4) is 0 Å². The van der Waals surface area contributed by atoms with Gasteiger partial charge in [-0.2, -0.15) is 0 Å². The van der Waals surface area contributed by atoms with Crippen LogP contribution in [0.2, 0.25) is 0 Å². The van der Waals surface area contributed by atoms with Crippen molar-refractivity contribution in [1.29, 1.82) is 0 Å². The number of hydrogen-bond donors (Lipinski definition) is 3. The second-order valence-electron chi connectivity index (χ2n) is 3.65. The maximum atomic E-state index is 11.5. The molecular formula is C9H18N2O4S. The molecule has 0 saturated carbocycles. The molecule has 1 amide bonds. The summed E-state index contributed by atoms with van der Waals surface area (Å²) in [4.78, 5) is 11.4. The van der Waals surface area contributed by atoms with Crippen LogP contribution in [0, 0.1) is 0 Å². The molecule has 0 spiro atoms. The maximum absolute atomic E-state index is 11.5. The Hall–Kier alpha value is -1.08. The van der Waals surface area contributed by atoms with Gasteiger partial charge in [-0.3, -0.25) is 10.0 Å². The lowest BCUT2D eigenvalue weighted by Crippen LogP contribution is -2.50. The fraction of sp³-hybridized carbons (Fsp3) is 0.667. The Morgan fingerprint density at radius 1 is 1.50 bits per heavy atom. The number of sulfone groups is 1.